The lowest BCUT2D eigenvalue weighted by Gasteiger charge is -2.07. The van der Waals surface area contributed by atoms with E-state index < -0.39 is 0 Å². The van der Waals surface area contributed by atoms with E-state index in [1.165, 1.54) is 7.11 Å². The molecule has 1 heterocycles. The van der Waals surface area contributed by atoms with Crippen molar-refractivity contribution in [2.45, 2.75) is 20.3 Å². The second-order valence-electron chi connectivity index (χ2n) is 4.11. The summed E-state index contributed by atoms with van der Waals surface area (Å²) in [5, 5.41) is 0. The van der Waals surface area contributed by atoms with Crippen molar-refractivity contribution in [2.75, 3.05) is 13.7 Å². The van der Waals surface area contributed by atoms with Crippen molar-refractivity contribution in [1.29, 1.82) is 0 Å². The van der Waals surface area contributed by atoms with E-state index in [2.05, 4.69) is 6.58 Å². The minimum absolute atomic E-state index is 0.320. The van der Waals surface area contributed by atoms with E-state index in [4.69, 9.17) is 10.5 Å². The summed E-state index contributed by atoms with van der Waals surface area (Å²) >= 11 is 0. The molecule has 4 heteroatoms. The number of carbonyl (C=O) groups is 1. The molecule has 0 aliphatic rings. The fraction of sp³-hybridized carbons (Fsp3) is 0.462. The topological polar surface area (TPSA) is 57.3 Å². The van der Waals surface area contributed by atoms with Crippen LogP contribution in [0.5, 0.6) is 0 Å². The Labute approximate surface area is 102 Å². The number of nitrogens with zero attached hydrogens (tertiary/aromatic N) is 1. The highest BCUT2D eigenvalue weighted by atomic mass is 16.5. The molecule has 0 aromatic carbocycles. The van der Waals surface area contributed by atoms with Crippen LogP contribution in [0.1, 0.15) is 33.7 Å². The first-order chi connectivity index (χ1) is 7.95. The molecule has 1 rings (SSSR count). The third-order valence-electron chi connectivity index (χ3n) is 3.17. The highest BCUT2D eigenvalue weighted by molar-refractivity contribution is 5.97. The van der Waals surface area contributed by atoms with Crippen molar-refractivity contribution in [3.05, 3.63) is 29.1 Å². The standard InChI is InChI=1S/C13H20N2O2/c1-8(6-7-14)11-9(2)15(4)10(3)12(11)13(16)17-5/h1,6-7,14H2,2-5H3. The minimum Gasteiger partial charge on any atom is -0.465 e. The molecular formula is C13H20N2O2. The normalized spacial score (nSPS) is 10.4. The molecule has 0 unspecified atom stereocenters. The van der Waals surface area contributed by atoms with Crippen LogP contribution in [0.3, 0.4) is 0 Å². The van der Waals surface area contributed by atoms with Crippen LogP contribution in [0.15, 0.2) is 6.58 Å². The van der Waals surface area contributed by atoms with Gasteiger partial charge in [0.25, 0.3) is 0 Å². The zero-order valence-electron chi connectivity index (χ0n) is 11.0. The molecule has 2 N–H and O–H groups in total. The van der Waals surface area contributed by atoms with Gasteiger partial charge in [-0.3, -0.25) is 0 Å². The highest BCUT2D eigenvalue weighted by Gasteiger charge is 2.23. The largest absolute Gasteiger partial charge is 0.465 e. The van der Waals surface area contributed by atoms with E-state index in [1.807, 2.05) is 25.5 Å². The molecule has 1 aromatic heterocycles. The Morgan fingerprint density at radius 3 is 2.35 bits per heavy atom. The van der Waals surface area contributed by atoms with E-state index in [0.717, 1.165) is 22.5 Å². The fourth-order valence-corrected chi connectivity index (χ4v) is 2.03. The van der Waals surface area contributed by atoms with Gasteiger partial charge in [-0.15, -0.1) is 0 Å². The Kier molecular flexibility index (Phi) is 4.12. The van der Waals surface area contributed by atoms with Crippen LogP contribution in [0, 0.1) is 13.8 Å². The number of esters is 1. The molecule has 0 radical (unpaired) electrons. The monoisotopic (exact) mass is 236 g/mol. The molecule has 94 valence electrons. The van der Waals surface area contributed by atoms with Gasteiger partial charge in [0, 0.05) is 24.0 Å². The summed E-state index contributed by atoms with van der Waals surface area (Å²) in [4.78, 5) is 11.8. The SMILES string of the molecule is C=C(CCN)c1c(C(=O)OC)c(C)n(C)c1C. The van der Waals surface area contributed by atoms with Crippen LogP contribution >= 0.6 is 0 Å². The zero-order valence-corrected chi connectivity index (χ0v) is 11.0. The second-order valence-corrected chi connectivity index (χ2v) is 4.11. The predicted molar refractivity (Wildman–Crippen MR) is 68.9 cm³/mol. The molecule has 17 heavy (non-hydrogen) atoms. The Morgan fingerprint density at radius 1 is 1.35 bits per heavy atom. The van der Waals surface area contributed by atoms with Crippen LogP contribution in [-0.2, 0) is 11.8 Å². The molecular weight excluding hydrogens is 216 g/mol. The van der Waals surface area contributed by atoms with Crippen LogP contribution in [0.2, 0.25) is 0 Å². The number of ether oxygens (including phenoxy) is 1. The average molecular weight is 236 g/mol. The van der Waals surface area contributed by atoms with Gasteiger partial charge < -0.3 is 15.0 Å². The molecule has 0 saturated heterocycles. The molecule has 0 spiro atoms. The molecule has 0 aliphatic carbocycles. The van der Waals surface area contributed by atoms with Gasteiger partial charge >= 0.3 is 5.97 Å². The van der Waals surface area contributed by atoms with Crippen molar-refractivity contribution in [3.8, 4) is 0 Å². The smallest absolute Gasteiger partial charge is 0.340 e. The first-order valence-corrected chi connectivity index (χ1v) is 5.58. The van der Waals surface area contributed by atoms with Crippen LogP contribution in [0.4, 0.5) is 0 Å². The molecule has 0 atom stereocenters. The highest BCUT2D eigenvalue weighted by Crippen LogP contribution is 2.29. The maximum atomic E-state index is 11.8. The Morgan fingerprint density at radius 2 is 1.88 bits per heavy atom. The van der Waals surface area contributed by atoms with Gasteiger partial charge in [0.2, 0.25) is 0 Å². The third-order valence-corrected chi connectivity index (χ3v) is 3.17. The van der Waals surface area contributed by atoms with Crippen molar-refractivity contribution >= 4 is 11.5 Å². The number of rotatable bonds is 4. The predicted octanol–water partition coefficient (Wildman–Crippen LogP) is 1.79. The molecule has 0 fully saturated rings. The van der Waals surface area contributed by atoms with E-state index >= 15 is 0 Å². The van der Waals surface area contributed by atoms with Crippen LogP contribution in [0.25, 0.3) is 5.57 Å². The number of nitrogens with two attached hydrogens (primary N) is 1. The number of hydrogen-bond acceptors (Lipinski definition) is 3. The van der Waals surface area contributed by atoms with Gasteiger partial charge in [-0.2, -0.15) is 0 Å². The Bertz CT molecular complexity index is 458. The molecule has 4 nitrogen and oxygen atoms in total. The summed E-state index contributed by atoms with van der Waals surface area (Å²) < 4.78 is 6.81. The summed E-state index contributed by atoms with van der Waals surface area (Å²) in [7, 11) is 3.32. The van der Waals surface area contributed by atoms with Crippen molar-refractivity contribution in [2.24, 2.45) is 12.8 Å². The first kappa shape index (κ1) is 13.5. The lowest BCUT2D eigenvalue weighted by Crippen LogP contribution is -2.07. The maximum Gasteiger partial charge on any atom is 0.340 e. The average Bonchev–Trinajstić information content (AvgIpc) is 2.53. The van der Waals surface area contributed by atoms with Crippen molar-refractivity contribution in [1.82, 2.24) is 4.57 Å². The lowest BCUT2D eigenvalue weighted by molar-refractivity contribution is 0.0599. The van der Waals surface area contributed by atoms with E-state index in [-0.39, 0.29) is 5.97 Å². The van der Waals surface area contributed by atoms with E-state index in [1.54, 1.807) is 0 Å². The molecule has 0 bridgehead atoms. The fourth-order valence-electron chi connectivity index (χ4n) is 2.03. The molecule has 0 amide bonds. The van der Waals surface area contributed by atoms with E-state index in [0.29, 0.717) is 18.5 Å². The number of carbonyl (C=O) groups excluding carboxylic acids is 1. The van der Waals surface area contributed by atoms with Crippen LogP contribution in [-0.4, -0.2) is 24.2 Å². The van der Waals surface area contributed by atoms with Crippen molar-refractivity contribution in [3.63, 3.8) is 0 Å². The molecule has 0 aliphatic heterocycles. The van der Waals surface area contributed by atoms with Gasteiger partial charge in [-0.05, 0) is 32.4 Å². The number of methoxy groups -OCH3 is 1. The zero-order chi connectivity index (χ0) is 13.2. The molecule has 0 saturated carbocycles. The minimum atomic E-state index is -0.320. The lowest BCUT2D eigenvalue weighted by atomic mass is 9.99. The summed E-state index contributed by atoms with van der Waals surface area (Å²) in [5.74, 6) is -0.320. The Hall–Kier alpha value is -1.55. The molecule has 1 aromatic rings. The van der Waals surface area contributed by atoms with Crippen molar-refractivity contribution < 1.29 is 9.53 Å². The van der Waals surface area contributed by atoms with Crippen LogP contribution < -0.4 is 5.73 Å². The summed E-state index contributed by atoms with van der Waals surface area (Å²) in [6.45, 7) is 8.40. The first-order valence-electron chi connectivity index (χ1n) is 5.58. The quantitative estimate of drug-likeness (QED) is 0.811. The Balaban J connectivity index is 3.41. The summed E-state index contributed by atoms with van der Waals surface area (Å²) in [5.41, 5.74) is 9.81. The van der Waals surface area contributed by atoms with Gasteiger partial charge in [-0.25, -0.2) is 4.79 Å². The van der Waals surface area contributed by atoms with Gasteiger partial charge in [0.1, 0.15) is 0 Å². The second kappa shape index (κ2) is 5.19. The van der Waals surface area contributed by atoms with Gasteiger partial charge in [-0.1, -0.05) is 6.58 Å². The summed E-state index contributed by atoms with van der Waals surface area (Å²) in [6.07, 6.45) is 0.675. The number of aromatic nitrogens is 1. The van der Waals surface area contributed by atoms with Gasteiger partial charge in [0.15, 0.2) is 0 Å². The maximum absolute atomic E-state index is 11.8. The van der Waals surface area contributed by atoms with E-state index in [9.17, 15) is 4.79 Å². The number of hydrogen-bond donors (Lipinski definition) is 1. The third kappa shape index (κ3) is 2.26. The summed E-state index contributed by atoms with van der Waals surface area (Å²) in [6, 6.07) is 0. The van der Waals surface area contributed by atoms with Gasteiger partial charge in [0.05, 0.1) is 12.7 Å².